The van der Waals surface area contributed by atoms with Crippen molar-refractivity contribution in [2.75, 3.05) is 26.2 Å². The summed E-state index contributed by atoms with van der Waals surface area (Å²) < 4.78 is 1.68. The van der Waals surface area contributed by atoms with Crippen LogP contribution < -0.4 is 0 Å². The van der Waals surface area contributed by atoms with Crippen molar-refractivity contribution in [2.24, 2.45) is 0 Å². The number of hydrogen-bond donors (Lipinski definition) is 0. The molecule has 1 amide bonds. The van der Waals surface area contributed by atoms with E-state index in [1.165, 1.54) is 18.2 Å². The number of carbonyl (C=O) groups excluding carboxylic acids is 1. The number of benzene rings is 2. The molecule has 0 aliphatic carbocycles. The second-order valence-electron chi connectivity index (χ2n) is 7.27. The SMILES string of the molecule is O=C(/C=C\c1ccc([N+](=O)[O-])cc1)N1CCN(Cc2nnnn2-c2ccc(Cl)cc2)CC1. The minimum absolute atomic E-state index is 0.0201. The van der Waals surface area contributed by atoms with Gasteiger partial charge in [-0.25, -0.2) is 0 Å². The van der Waals surface area contributed by atoms with E-state index in [4.69, 9.17) is 11.6 Å². The zero-order valence-electron chi connectivity index (χ0n) is 17.0. The smallest absolute Gasteiger partial charge is 0.269 e. The number of nitrogens with zero attached hydrogens (tertiary/aromatic N) is 7. The Hall–Kier alpha value is -3.63. The van der Waals surface area contributed by atoms with Crippen molar-refractivity contribution in [3.8, 4) is 5.69 Å². The van der Waals surface area contributed by atoms with Crippen LogP contribution >= 0.6 is 11.6 Å². The number of tetrazole rings is 1. The fraction of sp³-hybridized carbons (Fsp3) is 0.238. The van der Waals surface area contributed by atoms with Gasteiger partial charge < -0.3 is 4.90 Å². The Morgan fingerprint density at radius 3 is 2.41 bits per heavy atom. The van der Waals surface area contributed by atoms with Crippen LogP contribution in [0.25, 0.3) is 11.8 Å². The molecule has 1 aliphatic rings. The number of carbonyl (C=O) groups is 1. The predicted octanol–water partition coefficient (Wildman–Crippen LogP) is 2.58. The molecule has 0 unspecified atom stereocenters. The lowest BCUT2D eigenvalue weighted by Gasteiger charge is -2.33. The third-order valence-corrected chi connectivity index (χ3v) is 5.43. The van der Waals surface area contributed by atoms with Crippen LogP contribution in [0.4, 0.5) is 5.69 Å². The van der Waals surface area contributed by atoms with Gasteiger partial charge in [0.15, 0.2) is 5.82 Å². The Balaban J connectivity index is 1.31. The van der Waals surface area contributed by atoms with E-state index in [-0.39, 0.29) is 11.6 Å². The predicted molar refractivity (Wildman–Crippen MR) is 118 cm³/mol. The van der Waals surface area contributed by atoms with E-state index >= 15 is 0 Å². The maximum Gasteiger partial charge on any atom is 0.269 e. The Bertz CT molecular complexity index is 1120. The minimum atomic E-state index is -0.452. The Morgan fingerprint density at radius 1 is 1.06 bits per heavy atom. The molecule has 0 spiro atoms. The Kier molecular flexibility index (Phi) is 6.52. The van der Waals surface area contributed by atoms with Gasteiger partial charge in [0.1, 0.15) is 0 Å². The van der Waals surface area contributed by atoms with Crippen LogP contribution in [0.15, 0.2) is 54.6 Å². The van der Waals surface area contributed by atoms with E-state index in [2.05, 4.69) is 20.4 Å². The summed E-state index contributed by atoms with van der Waals surface area (Å²) in [4.78, 5) is 26.7. The van der Waals surface area contributed by atoms with Crippen molar-refractivity contribution in [1.29, 1.82) is 0 Å². The van der Waals surface area contributed by atoms with E-state index in [9.17, 15) is 14.9 Å². The first kappa shape index (κ1) is 21.6. The van der Waals surface area contributed by atoms with Gasteiger partial charge in [0, 0.05) is 49.4 Å². The van der Waals surface area contributed by atoms with Crippen LogP contribution in [0.3, 0.4) is 0 Å². The number of nitro benzene ring substituents is 1. The Labute approximate surface area is 188 Å². The first-order valence-corrected chi connectivity index (χ1v) is 10.3. The lowest BCUT2D eigenvalue weighted by atomic mass is 10.2. The maximum absolute atomic E-state index is 12.5. The molecule has 1 aliphatic heterocycles. The zero-order valence-corrected chi connectivity index (χ0v) is 17.8. The highest BCUT2D eigenvalue weighted by Gasteiger charge is 2.21. The first-order valence-electron chi connectivity index (χ1n) is 9.96. The van der Waals surface area contributed by atoms with Gasteiger partial charge in [-0.2, -0.15) is 4.68 Å². The van der Waals surface area contributed by atoms with Crippen LogP contribution in [-0.2, 0) is 11.3 Å². The van der Waals surface area contributed by atoms with Crippen molar-refractivity contribution < 1.29 is 9.72 Å². The molecular formula is C21H20ClN7O3. The minimum Gasteiger partial charge on any atom is -0.337 e. The van der Waals surface area contributed by atoms with Crippen LogP contribution in [0.1, 0.15) is 11.4 Å². The van der Waals surface area contributed by atoms with E-state index < -0.39 is 4.92 Å². The maximum atomic E-state index is 12.5. The van der Waals surface area contributed by atoms with E-state index in [0.29, 0.717) is 43.6 Å². The number of hydrogen-bond acceptors (Lipinski definition) is 7. The molecule has 164 valence electrons. The molecule has 0 radical (unpaired) electrons. The topological polar surface area (TPSA) is 110 Å². The summed E-state index contributed by atoms with van der Waals surface area (Å²) in [5, 5.41) is 23.4. The lowest BCUT2D eigenvalue weighted by molar-refractivity contribution is -0.384. The number of non-ortho nitro benzene ring substituents is 1. The van der Waals surface area contributed by atoms with Gasteiger partial charge in [-0.3, -0.25) is 19.8 Å². The molecule has 2 aromatic carbocycles. The number of nitro groups is 1. The first-order chi connectivity index (χ1) is 15.5. The van der Waals surface area contributed by atoms with Gasteiger partial charge in [-0.1, -0.05) is 11.6 Å². The van der Waals surface area contributed by atoms with Crippen molar-refractivity contribution in [3.05, 3.63) is 81.1 Å². The second kappa shape index (κ2) is 9.67. The second-order valence-corrected chi connectivity index (χ2v) is 7.70. The van der Waals surface area contributed by atoms with Crippen molar-refractivity contribution >= 4 is 29.3 Å². The molecule has 1 fully saturated rings. The van der Waals surface area contributed by atoms with Crippen molar-refractivity contribution in [1.82, 2.24) is 30.0 Å². The zero-order chi connectivity index (χ0) is 22.5. The molecule has 0 saturated carbocycles. The summed E-state index contributed by atoms with van der Waals surface area (Å²) in [6.07, 6.45) is 3.16. The van der Waals surface area contributed by atoms with Gasteiger partial charge in [0.05, 0.1) is 17.2 Å². The summed E-state index contributed by atoms with van der Waals surface area (Å²) in [5.41, 5.74) is 1.59. The summed E-state index contributed by atoms with van der Waals surface area (Å²) in [7, 11) is 0. The number of piperazine rings is 1. The van der Waals surface area contributed by atoms with Crippen LogP contribution in [-0.4, -0.2) is 67.0 Å². The molecule has 3 aromatic rings. The largest absolute Gasteiger partial charge is 0.337 e. The highest BCUT2D eigenvalue weighted by atomic mass is 35.5. The summed E-state index contributed by atoms with van der Waals surface area (Å²) in [6.45, 7) is 3.14. The number of rotatable bonds is 6. The normalized spacial score (nSPS) is 14.7. The number of halogens is 1. The lowest BCUT2D eigenvalue weighted by Crippen LogP contribution is -2.48. The standard InChI is InChI=1S/C21H20ClN7O3/c22-17-4-8-18(9-5-17)28-20(23-24-25-28)15-26-11-13-27(14-12-26)21(30)10-3-16-1-6-19(7-2-16)29(31)32/h1-10H,11-15H2/b10-3-. The third kappa shape index (κ3) is 5.16. The average Bonchev–Trinajstić information content (AvgIpc) is 3.27. The van der Waals surface area contributed by atoms with Gasteiger partial charge in [0.25, 0.3) is 5.69 Å². The third-order valence-electron chi connectivity index (χ3n) is 5.18. The van der Waals surface area contributed by atoms with Crippen molar-refractivity contribution in [2.45, 2.75) is 6.54 Å². The van der Waals surface area contributed by atoms with Gasteiger partial charge in [-0.05, 0) is 58.5 Å². The Morgan fingerprint density at radius 2 is 1.75 bits per heavy atom. The average molecular weight is 454 g/mol. The number of amides is 1. The van der Waals surface area contributed by atoms with E-state index in [1.807, 2.05) is 12.1 Å². The molecule has 4 rings (SSSR count). The van der Waals surface area contributed by atoms with Crippen LogP contribution in [0.5, 0.6) is 0 Å². The molecule has 0 atom stereocenters. The molecule has 32 heavy (non-hydrogen) atoms. The fourth-order valence-electron chi connectivity index (χ4n) is 3.39. The van der Waals surface area contributed by atoms with Crippen molar-refractivity contribution in [3.63, 3.8) is 0 Å². The van der Waals surface area contributed by atoms with E-state index in [1.54, 1.807) is 39.9 Å². The van der Waals surface area contributed by atoms with Gasteiger partial charge in [-0.15, -0.1) is 5.10 Å². The molecular weight excluding hydrogens is 434 g/mol. The molecule has 0 bridgehead atoms. The van der Waals surface area contributed by atoms with Gasteiger partial charge >= 0.3 is 0 Å². The van der Waals surface area contributed by atoms with Crippen LogP contribution in [0.2, 0.25) is 5.02 Å². The molecule has 1 aromatic heterocycles. The molecule has 11 heteroatoms. The number of aromatic nitrogens is 4. The highest BCUT2D eigenvalue weighted by Crippen LogP contribution is 2.16. The molecule has 10 nitrogen and oxygen atoms in total. The summed E-state index contributed by atoms with van der Waals surface area (Å²) >= 11 is 5.95. The summed E-state index contributed by atoms with van der Waals surface area (Å²) in [5.74, 6) is 0.624. The molecule has 0 N–H and O–H groups in total. The molecule has 2 heterocycles. The van der Waals surface area contributed by atoms with Crippen LogP contribution in [0, 0.1) is 10.1 Å². The fourth-order valence-corrected chi connectivity index (χ4v) is 3.52. The highest BCUT2D eigenvalue weighted by molar-refractivity contribution is 6.30. The summed E-state index contributed by atoms with van der Waals surface area (Å²) in [6, 6.07) is 13.4. The van der Waals surface area contributed by atoms with Gasteiger partial charge in [0.2, 0.25) is 5.91 Å². The monoisotopic (exact) mass is 453 g/mol. The molecule has 1 saturated heterocycles. The van der Waals surface area contributed by atoms with E-state index in [0.717, 1.165) is 11.3 Å². The quantitative estimate of drug-likeness (QED) is 0.320.